The second-order valence-corrected chi connectivity index (χ2v) is 7.26. The van der Waals surface area contributed by atoms with Crippen LogP contribution in [-0.2, 0) is 9.84 Å². The zero-order valence-electron chi connectivity index (χ0n) is 9.39. The van der Waals surface area contributed by atoms with Gasteiger partial charge in [0, 0.05) is 16.9 Å². The highest BCUT2D eigenvalue weighted by Crippen LogP contribution is 2.21. The van der Waals surface area contributed by atoms with Crippen LogP contribution in [0.1, 0.15) is 12.8 Å². The zero-order chi connectivity index (χ0) is 12.3. The SMILES string of the molecule is O=S(=O)(CC1CCNCC1)c1cncc(Br)c1. The van der Waals surface area contributed by atoms with Gasteiger partial charge < -0.3 is 5.32 Å². The van der Waals surface area contributed by atoms with E-state index in [0.717, 1.165) is 25.9 Å². The minimum Gasteiger partial charge on any atom is -0.317 e. The number of nitrogens with one attached hydrogen (secondary N) is 1. The molecule has 4 nitrogen and oxygen atoms in total. The molecule has 1 aliphatic heterocycles. The molecule has 6 heteroatoms. The van der Waals surface area contributed by atoms with Gasteiger partial charge in [0.05, 0.1) is 10.6 Å². The summed E-state index contributed by atoms with van der Waals surface area (Å²) in [5.41, 5.74) is 0. The van der Waals surface area contributed by atoms with E-state index in [1.165, 1.54) is 6.20 Å². The number of halogens is 1. The van der Waals surface area contributed by atoms with Gasteiger partial charge in [0.2, 0.25) is 0 Å². The summed E-state index contributed by atoms with van der Waals surface area (Å²) in [6.07, 6.45) is 4.87. The minimum atomic E-state index is -3.20. The molecule has 94 valence electrons. The largest absolute Gasteiger partial charge is 0.317 e. The molecule has 17 heavy (non-hydrogen) atoms. The summed E-state index contributed by atoms with van der Waals surface area (Å²) < 4.78 is 25.0. The summed E-state index contributed by atoms with van der Waals surface area (Å²) in [7, 11) is -3.20. The van der Waals surface area contributed by atoms with Gasteiger partial charge in [-0.3, -0.25) is 4.98 Å². The molecule has 0 bridgehead atoms. The molecule has 2 heterocycles. The molecule has 1 aliphatic rings. The molecule has 0 radical (unpaired) electrons. The molecule has 0 saturated carbocycles. The Labute approximate surface area is 110 Å². The lowest BCUT2D eigenvalue weighted by Crippen LogP contribution is -2.31. The quantitative estimate of drug-likeness (QED) is 0.920. The van der Waals surface area contributed by atoms with E-state index in [0.29, 0.717) is 9.37 Å². The van der Waals surface area contributed by atoms with Gasteiger partial charge in [-0.1, -0.05) is 0 Å². The molecule has 1 N–H and O–H groups in total. The van der Waals surface area contributed by atoms with Crippen molar-refractivity contribution in [2.45, 2.75) is 17.7 Å². The Balaban J connectivity index is 2.13. The number of aromatic nitrogens is 1. The standard InChI is InChI=1S/C11H15BrN2O2S/c12-10-5-11(7-14-6-10)17(15,16)8-9-1-3-13-4-2-9/h5-7,9,13H,1-4,8H2. The van der Waals surface area contributed by atoms with E-state index < -0.39 is 9.84 Å². The number of hydrogen-bond donors (Lipinski definition) is 1. The van der Waals surface area contributed by atoms with Crippen LogP contribution in [0.3, 0.4) is 0 Å². The second kappa shape index (κ2) is 5.46. The van der Waals surface area contributed by atoms with Gasteiger partial charge in [-0.05, 0) is 53.8 Å². The molecule has 1 aromatic heterocycles. The Bertz CT molecular complexity index is 484. The fourth-order valence-corrected chi connectivity index (χ4v) is 4.21. The summed E-state index contributed by atoms with van der Waals surface area (Å²) in [5, 5.41) is 3.23. The molecule has 0 atom stereocenters. The third-order valence-electron chi connectivity index (χ3n) is 2.95. The van der Waals surface area contributed by atoms with Crippen molar-refractivity contribution in [3.63, 3.8) is 0 Å². The normalized spacial score (nSPS) is 18.2. The predicted molar refractivity (Wildman–Crippen MR) is 69.6 cm³/mol. The van der Waals surface area contributed by atoms with Crippen LogP contribution in [0.15, 0.2) is 27.8 Å². The first kappa shape index (κ1) is 13.0. The molecule has 0 aromatic carbocycles. The average Bonchev–Trinajstić information content (AvgIpc) is 2.30. The highest BCUT2D eigenvalue weighted by molar-refractivity contribution is 9.10. The van der Waals surface area contributed by atoms with Crippen LogP contribution in [0.25, 0.3) is 0 Å². The number of hydrogen-bond acceptors (Lipinski definition) is 4. The third kappa shape index (κ3) is 3.50. The van der Waals surface area contributed by atoms with Gasteiger partial charge >= 0.3 is 0 Å². The molecule has 0 amide bonds. The molecule has 1 fully saturated rings. The number of nitrogens with zero attached hydrogens (tertiary/aromatic N) is 1. The molecule has 1 aromatic rings. The fraction of sp³-hybridized carbons (Fsp3) is 0.545. The van der Waals surface area contributed by atoms with Crippen molar-refractivity contribution in [1.82, 2.24) is 10.3 Å². The van der Waals surface area contributed by atoms with E-state index >= 15 is 0 Å². The Hall–Kier alpha value is -0.460. The number of sulfone groups is 1. The van der Waals surface area contributed by atoms with E-state index in [4.69, 9.17) is 0 Å². The van der Waals surface area contributed by atoms with Crippen molar-refractivity contribution in [2.75, 3.05) is 18.8 Å². The van der Waals surface area contributed by atoms with Crippen molar-refractivity contribution in [3.05, 3.63) is 22.9 Å². The highest BCUT2D eigenvalue weighted by Gasteiger charge is 2.23. The van der Waals surface area contributed by atoms with Crippen molar-refractivity contribution in [1.29, 1.82) is 0 Å². The molecular formula is C11H15BrN2O2S. The number of rotatable bonds is 3. The molecule has 1 saturated heterocycles. The molecule has 0 unspecified atom stereocenters. The monoisotopic (exact) mass is 318 g/mol. The maximum Gasteiger partial charge on any atom is 0.180 e. The summed E-state index contributed by atoms with van der Waals surface area (Å²) in [6.45, 7) is 1.83. The van der Waals surface area contributed by atoms with Gasteiger partial charge in [0.25, 0.3) is 0 Å². The van der Waals surface area contributed by atoms with E-state index in [9.17, 15) is 8.42 Å². The van der Waals surface area contributed by atoms with Crippen molar-refractivity contribution >= 4 is 25.8 Å². The van der Waals surface area contributed by atoms with Gasteiger partial charge in [0.15, 0.2) is 9.84 Å². The Morgan fingerprint density at radius 2 is 2.06 bits per heavy atom. The smallest absolute Gasteiger partial charge is 0.180 e. The lowest BCUT2D eigenvalue weighted by molar-refractivity contribution is 0.401. The highest BCUT2D eigenvalue weighted by atomic mass is 79.9. The van der Waals surface area contributed by atoms with E-state index in [2.05, 4.69) is 26.2 Å². The zero-order valence-corrected chi connectivity index (χ0v) is 11.8. The average molecular weight is 319 g/mol. The maximum atomic E-state index is 12.2. The van der Waals surface area contributed by atoms with Crippen LogP contribution in [-0.4, -0.2) is 32.2 Å². The van der Waals surface area contributed by atoms with Crippen molar-refractivity contribution < 1.29 is 8.42 Å². The van der Waals surface area contributed by atoms with Gasteiger partial charge in [-0.25, -0.2) is 8.42 Å². The predicted octanol–water partition coefficient (Wildman–Crippen LogP) is 1.62. The van der Waals surface area contributed by atoms with Gasteiger partial charge in [0.1, 0.15) is 0 Å². The van der Waals surface area contributed by atoms with Crippen LogP contribution in [0, 0.1) is 5.92 Å². The lowest BCUT2D eigenvalue weighted by atomic mass is 10.0. The van der Waals surface area contributed by atoms with Crippen LogP contribution in [0.4, 0.5) is 0 Å². The third-order valence-corrected chi connectivity index (χ3v) is 5.24. The van der Waals surface area contributed by atoms with Crippen LogP contribution < -0.4 is 5.32 Å². The minimum absolute atomic E-state index is 0.229. The van der Waals surface area contributed by atoms with Gasteiger partial charge in [-0.15, -0.1) is 0 Å². The Morgan fingerprint density at radius 1 is 1.35 bits per heavy atom. The maximum absolute atomic E-state index is 12.2. The first-order valence-corrected chi connectivity index (χ1v) is 8.06. The van der Waals surface area contributed by atoms with Gasteiger partial charge in [-0.2, -0.15) is 0 Å². The topological polar surface area (TPSA) is 59.1 Å². The number of piperidine rings is 1. The molecular weight excluding hydrogens is 304 g/mol. The molecule has 0 spiro atoms. The first-order valence-electron chi connectivity index (χ1n) is 5.62. The Kier molecular flexibility index (Phi) is 4.17. The Morgan fingerprint density at radius 3 is 2.71 bits per heavy atom. The van der Waals surface area contributed by atoms with E-state index in [1.807, 2.05) is 0 Å². The van der Waals surface area contributed by atoms with Crippen molar-refractivity contribution in [3.8, 4) is 0 Å². The molecule has 2 rings (SSSR count). The summed E-state index contributed by atoms with van der Waals surface area (Å²) in [5.74, 6) is 0.493. The summed E-state index contributed by atoms with van der Waals surface area (Å²) >= 11 is 3.24. The summed E-state index contributed by atoms with van der Waals surface area (Å²) in [6, 6.07) is 1.61. The van der Waals surface area contributed by atoms with E-state index in [-0.39, 0.29) is 11.7 Å². The first-order chi connectivity index (χ1) is 8.08. The van der Waals surface area contributed by atoms with Crippen LogP contribution in [0.5, 0.6) is 0 Å². The van der Waals surface area contributed by atoms with Crippen LogP contribution >= 0.6 is 15.9 Å². The van der Waals surface area contributed by atoms with Crippen molar-refractivity contribution in [2.24, 2.45) is 5.92 Å². The number of pyridine rings is 1. The van der Waals surface area contributed by atoms with E-state index in [1.54, 1.807) is 12.3 Å². The fourth-order valence-electron chi connectivity index (χ4n) is 2.02. The lowest BCUT2D eigenvalue weighted by Gasteiger charge is -2.22. The molecule has 0 aliphatic carbocycles. The summed E-state index contributed by atoms with van der Waals surface area (Å²) in [4.78, 5) is 4.22. The van der Waals surface area contributed by atoms with Crippen LogP contribution in [0.2, 0.25) is 0 Å². The second-order valence-electron chi connectivity index (χ2n) is 4.31.